The third kappa shape index (κ3) is 4.49. The first-order chi connectivity index (χ1) is 13.4. The van der Waals surface area contributed by atoms with Crippen molar-refractivity contribution < 1.29 is 5.11 Å². The molecule has 7 heteroatoms. The van der Waals surface area contributed by atoms with Gasteiger partial charge in [0.05, 0.1) is 28.3 Å². The molecule has 0 radical (unpaired) electrons. The fourth-order valence-corrected chi connectivity index (χ4v) is 2.56. The molecule has 144 valence electrons. The maximum Gasteiger partial charge on any atom is 0.238 e. The third-order valence-corrected chi connectivity index (χ3v) is 4.03. The van der Waals surface area contributed by atoms with Crippen LogP contribution in [-0.4, -0.2) is 14.9 Å². The summed E-state index contributed by atoms with van der Waals surface area (Å²) in [6.07, 6.45) is 0.657. The topological polar surface area (TPSA) is 87.5 Å². The van der Waals surface area contributed by atoms with Gasteiger partial charge in [-0.15, -0.1) is 5.11 Å². The summed E-state index contributed by atoms with van der Waals surface area (Å²) < 4.78 is 1.58. The normalized spacial score (nSPS) is 12.3. The molecular weight excluding hydrogens is 352 g/mol. The molecule has 0 aliphatic heterocycles. The van der Waals surface area contributed by atoms with Crippen LogP contribution in [0.4, 0.5) is 22.7 Å². The van der Waals surface area contributed by atoms with Crippen LogP contribution in [0.1, 0.15) is 33.4 Å². The molecule has 0 unspecified atom stereocenters. The van der Waals surface area contributed by atoms with Gasteiger partial charge in [-0.05, 0) is 63.6 Å². The molecule has 28 heavy (non-hydrogen) atoms. The lowest BCUT2D eigenvalue weighted by Crippen LogP contribution is -2.22. The highest BCUT2D eigenvalue weighted by atomic mass is 16.3. The largest absolute Gasteiger partial charge is 0.492 e. The van der Waals surface area contributed by atoms with Gasteiger partial charge in [0.15, 0.2) is 5.69 Å². The Morgan fingerprint density at radius 2 is 1.32 bits per heavy atom. The Labute approximate surface area is 164 Å². The van der Waals surface area contributed by atoms with E-state index in [4.69, 9.17) is 0 Å². The number of rotatable bonds is 5. The van der Waals surface area contributed by atoms with Crippen LogP contribution in [0, 0.1) is 0 Å². The van der Waals surface area contributed by atoms with Gasteiger partial charge in [-0.3, -0.25) is 0 Å². The molecule has 1 N–H and O–H groups in total. The second-order valence-electron chi connectivity index (χ2n) is 7.31. The molecular formula is C21H24N6O. The van der Waals surface area contributed by atoms with Crippen LogP contribution < -0.4 is 0 Å². The zero-order valence-electron chi connectivity index (χ0n) is 16.5. The molecule has 2 aromatic carbocycles. The fourth-order valence-electron chi connectivity index (χ4n) is 2.56. The monoisotopic (exact) mass is 376 g/mol. The first-order valence-corrected chi connectivity index (χ1v) is 9.18. The van der Waals surface area contributed by atoms with E-state index in [1.165, 1.54) is 0 Å². The molecule has 0 atom stereocenters. The molecule has 0 aliphatic carbocycles. The molecule has 0 fully saturated rings. The summed E-state index contributed by atoms with van der Waals surface area (Å²) in [5.74, 6) is 0.0291. The molecule has 7 nitrogen and oxygen atoms in total. The predicted molar refractivity (Wildman–Crippen MR) is 110 cm³/mol. The Hall–Kier alpha value is -3.35. The Morgan fingerprint density at radius 1 is 0.821 bits per heavy atom. The van der Waals surface area contributed by atoms with Crippen LogP contribution >= 0.6 is 0 Å². The molecule has 0 spiro atoms. The number of hydrogen-bond donors (Lipinski definition) is 1. The molecule has 3 aromatic rings. The van der Waals surface area contributed by atoms with Crippen molar-refractivity contribution >= 4 is 22.7 Å². The maximum atomic E-state index is 10.5. The van der Waals surface area contributed by atoms with Gasteiger partial charge in [-0.2, -0.15) is 20.4 Å². The minimum Gasteiger partial charge on any atom is -0.492 e. The van der Waals surface area contributed by atoms with E-state index in [0.29, 0.717) is 23.5 Å². The number of hydrogen-bond acceptors (Lipinski definition) is 6. The standard InChI is InChI=1S/C21H24N6O/c1-5-18-19(20(28)27(26-18)21(2,3)4)25-24-17-13-11-16(12-14-17)23-22-15-9-7-6-8-10-15/h6-14,28H,5H2,1-4H3. The fraction of sp³-hybridized carbons (Fsp3) is 0.286. The Morgan fingerprint density at radius 3 is 1.82 bits per heavy atom. The van der Waals surface area contributed by atoms with Crippen molar-refractivity contribution in [3.63, 3.8) is 0 Å². The highest BCUT2D eigenvalue weighted by molar-refractivity contribution is 5.53. The molecule has 3 rings (SSSR count). The van der Waals surface area contributed by atoms with Crippen LogP contribution in [0.2, 0.25) is 0 Å². The van der Waals surface area contributed by atoms with E-state index in [0.717, 1.165) is 11.4 Å². The van der Waals surface area contributed by atoms with E-state index in [-0.39, 0.29) is 11.4 Å². The zero-order valence-corrected chi connectivity index (χ0v) is 16.5. The summed E-state index contributed by atoms with van der Waals surface area (Å²) in [4.78, 5) is 0. The van der Waals surface area contributed by atoms with Gasteiger partial charge < -0.3 is 5.11 Å². The molecule has 1 heterocycles. The summed E-state index contributed by atoms with van der Waals surface area (Å²) >= 11 is 0. The highest BCUT2D eigenvalue weighted by Crippen LogP contribution is 2.36. The van der Waals surface area contributed by atoms with E-state index >= 15 is 0 Å². The number of aromatic nitrogens is 2. The van der Waals surface area contributed by atoms with Crippen LogP contribution in [0.5, 0.6) is 5.88 Å². The van der Waals surface area contributed by atoms with Gasteiger partial charge in [0.25, 0.3) is 0 Å². The smallest absolute Gasteiger partial charge is 0.238 e. The first-order valence-electron chi connectivity index (χ1n) is 9.18. The van der Waals surface area contributed by atoms with Crippen molar-refractivity contribution in [2.24, 2.45) is 20.5 Å². The van der Waals surface area contributed by atoms with E-state index in [2.05, 4.69) is 25.6 Å². The number of nitrogens with zero attached hydrogens (tertiary/aromatic N) is 6. The van der Waals surface area contributed by atoms with Gasteiger partial charge in [0.1, 0.15) is 0 Å². The third-order valence-electron chi connectivity index (χ3n) is 4.03. The van der Waals surface area contributed by atoms with Crippen LogP contribution in [0.25, 0.3) is 0 Å². The lowest BCUT2D eigenvalue weighted by molar-refractivity contribution is 0.294. The van der Waals surface area contributed by atoms with Gasteiger partial charge in [0, 0.05) is 0 Å². The van der Waals surface area contributed by atoms with E-state index in [1.807, 2.05) is 70.2 Å². The van der Waals surface area contributed by atoms with E-state index in [1.54, 1.807) is 16.8 Å². The molecule has 0 aliphatic rings. The zero-order chi connectivity index (χ0) is 20.1. The van der Waals surface area contributed by atoms with Crippen LogP contribution in [0.15, 0.2) is 75.1 Å². The minimum atomic E-state index is -0.340. The minimum absolute atomic E-state index is 0.0291. The summed E-state index contributed by atoms with van der Waals surface area (Å²) in [7, 11) is 0. The van der Waals surface area contributed by atoms with Gasteiger partial charge in [-0.1, -0.05) is 25.1 Å². The average molecular weight is 376 g/mol. The number of aryl methyl sites for hydroxylation is 1. The van der Waals surface area contributed by atoms with E-state index < -0.39 is 0 Å². The van der Waals surface area contributed by atoms with Crippen LogP contribution in [0.3, 0.4) is 0 Å². The van der Waals surface area contributed by atoms with Crippen molar-refractivity contribution in [1.29, 1.82) is 0 Å². The maximum absolute atomic E-state index is 10.5. The van der Waals surface area contributed by atoms with Crippen LogP contribution in [-0.2, 0) is 12.0 Å². The predicted octanol–water partition coefficient (Wildman–Crippen LogP) is 6.74. The van der Waals surface area contributed by atoms with Gasteiger partial charge in [0.2, 0.25) is 5.88 Å². The van der Waals surface area contributed by atoms with Crippen molar-refractivity contribution in [2.75, 3.05) is 0 Å². The van der Waals surface area contributed by atoms with Crippen molar-refractivity contribution in [3.8, 4) is 5.88 Å². The number of benzene rings is 2. The van der Waals surface area contributed by atoms with Gasteiger partial charge in [-0.25, -0.2) is 4.68 Å². The molecule has 1 aromatic heterocycles. The van der Waals surface area contributed by atoms with E-state index in [9.17, 15) is 5.11 Å². The van der Waals surface area contributed by atoms with Crippen molar-refractivity contribution in [2.45, 2.75) is 39.7 Å². The summed E-state index contributed by atoms with van der Waals surface area (Å²) in [6.45, 7) is 7.90. The lowest BCUT2D eigenvalue weighted by atomic mass is 10.1. The average Bonchev–Trinajstić information content (AvgIpc) is 3.02. The number of azo groups is 2. The Bertz CT molecular complexity index is 982. The summed E-state index contributed by atoms with van der Waals surface area (Å²) in [5.41, 5.74) is 2.95. The second-order valence-corrected chi connectivity index (χ2v) is 7.31. The molecule has 0 saturated carbocycles. The van der Waals surface area contributed by atoms with Crippen molar-refractivity contribution in [1.82, 2.24) is 9.78 Å². The summed E-state index contributed by atoms with van der Waals surface area (Å²) in [5, 5.41) is 31.8. The SMILES string of the molecule is CCc1nn(C(C)(C)C)c(O)c1N=Nc1ccc(N=Nc2ccccc2)cc1. The second kappa shape index (κ2) is 8.12. The quantitative estimate of drug-likeness (QED) is 0.500. The van der Waals surface area contributed by atoms with Gasteiger partial charge >= 0.3 is 0 Å². The Balaban J connectivity index is 1.78. The van der Waals surface area contributed by atoms with Crippen molar-refractivity contribution in [3.05, 3.63) is 60.3 Å². The molecule has 0 bridgehead atoms. The Kier molecular flexibility index (Phi) is 5.63. The summed E-state index contributed by atoms with van der Waals surface area (Å²) in [6, 6.07) is 16.8. The highest BCUT2D eigenvalue weighted by Gasteiger charge is 2.24. The molecule has 0 saturated heterocycles. The number of aromatic hydroxyl groups is 1. The molecule has 0 amide bonds. The first kappa shape index (κ1) is 19.4. The lowest BCUT2D eigenvalue weighted by Gasteiger charge is -2.19.